The van der Waals surface area contributed by atoms with Gasteiger partial charge < -0.3 is 19.6 Å². The van der Waals surface area contributed by atoms with Gasteiger partial charge in [0.05, 0.1) is 6.61 Å². The number of carbonyl (C=O) groups excluding carboxylic acids is 2. The quantitative estimate of drug-likeness (QED) is 0.748. The molecule has 1 aliphatic heterocycles. The van der Waals surface area contributed by atoms with Crippen LogP contribution < -0.4 is 0 Å². The van der Waals surface area contributed by atoms with Gasteiger partial charge in [0, 0.05) is 13.1 Å². The van der Waals surface area contributed by atoms with Gasteiger partial charge in [0.15, 0.2) is 0 Å². The van der Waals surface area contributed by atoms with Gasteiger partial charge in [-0.3, -0.25) is 4.79 Å². The van der Waals surface area contributed by atoms with Gasteiger partial charge in [-0.25, -0.2) is 9.59 Å². The molecule has 1 saturated heterocycles. The van der Waals surface area contributed by atoms with Crippen molar-refractivity contribution >= 4 is 18.0 Å². The number of carboxylic acid groups (broad SMARTS) is 1. The Morgan fingerprint density at radius 2 is 2.00 bits per heavy atom. The van der Waals surface area contributed by atoms with Gasteiger partial charge in [-0.2, -0.15) is 0 Å². The van der Waals surface area contributed by atoms with Crippen LogP contribution in [-0.2, 0) is 14.3 Å². The first-order valence-electron chi connectivity index (χ1n) is 7.45. The molecule has 7 nitrogen and oxygen atoms in total. The molecule has 7 heteroatoms. The molecule has 0 saturated carbocycles. The second kappa shape index (κ2) is 8.49. The number of hydrogen-bond donors (Lipinski definition) is 1. The third-order valence-electron chi connectivity index (χ3n) is 3.42. The molecule has 1 heterocycles. The summed E-state index contributed by atoms with van der Waals surface area (Å²) in [5.41, 5.74) is 0. The van der Waals surface area contributed by atoms with Crippen LogP contribution in [0.25, 0.3) is 0 Å². The second-order valence-electron chi connectivity index (χ2n) is 5.05. The average molecular weight is 300 g/mol. The summed E-state index contributed by atoms with van der Waals surface area (Å²) in [6, 6.07) is -1.19. The van der Waals surface area contributed by atoms with Crippen molar-refractivity contribution in [3.63, 3.8) is 0 Å². The van der Waals surface area contributed by atoms with Crippen LogP contribution in [0.4, 0.5) is 4.79 Å². The lowest BCUT2D eigenvalue weighted by Crippen LogP contribution is -2.54. The zero-order valence-electron chi connectivity index (χ0n) is 12.7. The molecule has 0 aromatic rings. The number of amides is 2. The van der Waals surface area contributed by atoms with E-state index in [2.05, 4.69) is 0 Å². The highest BCUT2D eigenvalue weighted by atomic mass is 16.5. The molecule has 0 aromatic carbocycles. The van der Waals surface area contributed by atoms with Gasteiger partial charge in [-0.15, -0.1) is 0 Å². The van der Waals surface area contributed by atoms with E-state index in [1.807, 2.05) is 6.92 Å². The summed E-state index contributed by atoms with van der Waals surface area (Å²) < 4.78 is 4.86. The fourth-order valence-electron chi connectivity index (χ4n) is 2.47. The molecule has 0 aliphatic carbocycles. The monoisotopic (exact) mass is 300 g/mol. The first-order valence-corrected chi connectivity index (χ1v) is 7.45. The van der Waals surface area contributed by atoms with Crippen LogP contribution in [0.2, 0.25) is 0 Å². The molecular formula is C14H24N2O5. The maximum atomic E-state index is 12.5. The molecule has 1 aliphatic rings. The lowest BCUT2D eigenvalue weighted by molar-refractivity contribution is -0.144. The normalized spacial score (nSPS) is 18.2. The number of piperidine rings is 1. The Labute approximate surface area is 124 Å². The Morgan fingerprint density at radius 1 is 1.29 bits per heavy atom. The highest BCUT2D eigenvalue weighted by Gasteiger charge is 2.34. The van der Waals surface area contributed by atoms with Gasteiger partial charge in [-0.05, 0) is 32.6 Å². The fourth-order valence-corrected chi connectivity index (χ4v) is 2.47. The number of carbonyl (C=O) groups is 3. The van der Waals surface area contributed by atoms with E-state index >= 15 is 0 Å². The summed E-state index contributed by atoms with van der Waals surface area (Å²) in [5, 5.41) is 9.23. The molecule has 1 N–H and O–H groups in total. The molecule has 0 aromatic heterocycles. The smallest absolute Gasteiger partial charge is 0.326 e. The number of hydrogen-bond acceptors (Lipinski definition) is 4. The number of nitrogens with zero attached hydrogens (tertiary/aromatic N) is 2. The third-order valence-corrected chi connectivity index (χ3v) is 3.42. The maximum Gasteiger partial charge on any atom is 0.326 e. The van der Waals surface area contributed by atoms with Crippen molar-refractivity contribution in [1.82, 2.24) is 9.80 Å². The maximum absolute atomic E-state index is 12.5. The van der Waals surface area contributed by atoms with Crippen LogP contribution in [0.1, 0.15) is 39.5 Å². The first kappa shape index (κ1) is 17.3. The van der Waals surface area contributed by atoms with E-state index in [1.165, 1.54) is 9.80 Å². The largest absolute Gasteiger partial charge is 0.480 e. The van der Waals surface area contributed by atoms with Crippen LogP contribution in [0.5, 0.6) is 0 Å². The molecular weight excluding hydrogens is 276 g/mol. The van der Waals surface area contributed by atoms with Crippen molar-refractivity contribution in [2.45, 2.75) is 45.6 Å². The topological polar surface area (TPSA) is 87.2 Å². The number of carboxylic acids is 1. The minimum atomic E-state index is -0.990. The molecule has 1 atom stereocenters. The van der Waals surface area contributed by atoms with Crippen molar-refractivity contribution in [1.29, 1.82) is 0 Å². The molecule has 1 rings (SSSR count). The van der Waals surface area contributed by atoms with Gasteiger partial charge in [0.2, 0.25) is 0 Å². The first-order chi connectivity index (χ1) is 10.0. The fraction of sp³-hybridized carbons (Fsp3) is 0.786. The zero-order chi connectivity index (χ0) is 15.8. The van der Waals surface area contributed by atoms with Crippen LogP contribution in [0, 0.1) is 0 Å². The minimum absolute atomic E-state index is 0.136. The standard InChI is InChI=1S/C14H24N2O5/c1-3-8-15(10-12(17)21-4-2)14(20)16-9-6-5-7-11(16)13(18)19/h11H,3-10H2,1-2H3,(H,18,19). The number of ether oxygens (including phenoxy) is 1. The molecule has 1 fully saturated rings. The average Bonchev–Trinajstić information content (AvgIpc) is 2.46. The minimum Gasteiger partial charge on any atom is -0.480 e. The number of esters is 1. The summed E-state index contributed by atoms with van der Waals surface area (Å²) in [4.78, 5) is 38.1. The molecule has 0 bridgehead atoms. The number of rotatable bonds is 6. The van der Waals surface area contributed by atoms with E-state index in [0.29, 0.717) is 25.9 Å². The van der Waals surface area contributed by atoms with Crippen molar-refractivity contribution < 1.29 is 24.2 Å². The Hall–Kier alpha value is -1.79. The summed E-state index contributed by atoms with van der Waals surface area (Å²) in [6.45, 7) is 4.54. The molecule has 120 valence electrons. The third kappa shape index (κ3) is 4.91. The molecule has 1 unspecified atom stereocenters. The van der Waals surface area contributed by atoms with Gasteiger partial charge in [0.1, 0.15) is 12.6 Å². The van der Waals surface area contributed by atoms with E-state index in [4.69, 9.17) is 4.74 Å². The summed E-state index contributed by atoms with van der Waals surface area (Å²) in [6.07, 6.45) is 2.73. The van der Waals surface area contributed by atoms with Crippen molar-refractivity contribution in [3.05, 3.63) is 0 Å². The Morgan fingerprint density at radius 3 is 2.57 bits per heavy atom. The molecule has 21 heavy (non-hydrogen) atoms. The van der Waals surface area contributed by atoms with Crippen LogP contribution >= 0.6 is 0 Å². The van der Waals surface area contributed by atoms with Crippen LogP contribution in [-0.4, -0.2) is 65.2 Å². The predicted octanol–water partition coefficient (Wildman–Crippen LogP) is 1.32. The van der Waals surface area contributed by atoms with Crippen molar-refractivity contribution in [2.24, 2.45) is 0 Å². The number of aliphatic carboxylic acids is 1. The lowest BCUT2D eigenvalue weighted by atomic mass is 10.0. The Kier molecular flexibility index (Phi) is 6.98. The zero-order valence-corrected chi connectivity index (χ0v) is 12.7. The van der Waals surface area contributed by atoms with E-state index in [9.17, 15) is 19.5 Å². The Balaban J connectivity index is 2.77. The SMILES string of the molecule is CCCN(CC(=O)OCC)C(=O)N1CCCCC1C(=O)O. The summed E-state index contributed by atoms with van der Waals surface area (Å²) in [5.74, 6) is -1.46. The number of urea groups is 1. The van der Waals surface area contributed by atoms with Crippen molar-refractivity contribution in [2.75, 3.05) is 26.2 Å². The van der Waals surface area contributed by atoms with Crippen LogP contribution in [0.15, 0.2) is 0 Å². The lowest BCUT2D eigenvalue weighted by Gasteiger charge is -2.36. The second-order valence-corrected chi connectivity index (χ2v) is 5.05. The van der Waals surface area contributed by atoms with E-state index in [1.54, 1.807) is 6.92 Å². The predicted molar refractivity (Wildman–Crippen MR) is 75.9 cm³/mol. The molecule has 2 amide bonds. The highest BCUT2D eigenvalue weighted by molar-refractivity contribution is 5.85. The van der Waals surface area contributed by atoms with E-state index in [-0.39, 0.29) is 13.2 Å². The van der Waals surface area contributed by atoms with E-state index in [0.717, 1.165) is 12.8 Å². The van der Waals surface area contributed by atoms with Crippen molar-refractivity contribution in [3.8, 4) is 0 Å². The molecule has 0 radical (unpaired) electrons. The summed E-state index contributed by atoms with van der Waals surface area (Å²) in [7, 11) is 0. The molecule has 0 spiro atoms. The number of likely N-dealkylation sites (tertiary alicyclic amines) is 1. The summed E-state index contributed by atoms with van der Waals surface area (Å²) >= 11 is 0. The van der Waals surface area contributed by atoms with E-state index < -0.39 is 24.0 Å². The highest BCUT2D eigenvalue weighted by Crippen LogP contribution is 2.19. The Bertz CT molecular complexity index is 386. The van der Waals surface area contributed by atoms with Gasteiger partial charge in [-0.1, -0.05) is 6.92 Å². The van der Waals surface area contributed by atoms with Gasteiger partial charge in [0.25, 0.3) is 0 Å². The van der Waals surface area contributed by atoms with Gasteiger partial charge >= 0.3 is 18.0 Å². The van der Waals surface area contributed by atoms with Crippen LogP contribution in [0.3, 0.4) is 0 Å².